The lowest BCUT2D eigenvalue weighted by Crippen LogP contribution is -2.28. The average molecular weight is 403 g/mol. The Bertz CT molecular complexity index is 420. The molecule has 1 heterocycles. The number of aromatic nitrogens is 1. The number of halogens is 1. The molecule has 21 heavy (non-hydrogen) atoms. The Morgan fingerprint density at radius 1 is 1.19 bits per heavy atom. The molecule has 4 nitrogen and oxygen atoms in total. The highest BCUT2D eigenvalue weighted by Crippen LogP contribution is 2.05. The fourth-order valence-electron chi connectivity index (χ4n) is 2.27. The molecule has 0 aliphatic rings. The minimum atomic E-state index is -0.0278. The molecule has 118 valence electrons. The molecule has 0 unspecified atom stereocenters. The van der Waals surface area contributed by atoms with Crippen LogP contribution in [0.15, 0.2) is 18.5 Å². The Hall–Kier alpha value is -0.690. The van der Waals surface area contributed by atoms with Gasteiger partial charge in [0.2, 0.25) is 0 Å². The maximum Gasteiger partial charge on any atom is 0.252 e. The molecular formula is C16H26IN3O. The van der Waals surface area contributed by atoms with Crippen molar-refractivity contribution < 1.29 is 4.79 Å². The Morgan fingerprint density at radius 2 is 1.90 bits per heavy atom. The third-order valence-corrected chi connectivity index (χ3v) is 3.82. The zero-order valence-electron chi connectivity index (χ0n) is 13.1. The molecule has 1 aromatic heterocycles. The first kappa shape index (κ1) is 18.4. The smallest absolute Gasteiger partial charge is 0.252 e. The van der Waals surface area contributed by atoms with E-state index in [2.05, 4.69) is 51.6 Å². The van der Waals surface area contributed by atoms with E-state index >= 15 is 0 Å². The van der Waals surface area contributed by atoms with Gasteiger partial charge < -0.3 is 10.2 Å². The van der Waals surface area contributed by atoms with Gasteiger partial charge in [0, 0.05) is 22.5 Å². The number of carbonyl (C=O) groups excluding carboxylic acids is 1. The molecule has 5 heteroatoms. The molecule has 0 saturated carbocycles. The standard InChI is InChI=1S/C16H26IN3O/c1-3-8-20(9-4-2)10-6-5-7-19-16(21)14-11-15(17)13-18-12-14/h11-13H,3-10H2,1-2H3,(H,19,21). The zero-order chi connectivity index (χ0) is 15.5. The second kappa shape index (κ2) is 11.0. The highest BCUT2D eigenvalue weighted by molar-refractivity contribution is 14.1. The highest BCUT2D eigenvalue weighted by Gasteiger charge is 2.06. The molecule has 1 amide bonds. The maximum absolute atomic E-state index is 11.9. The lowest BCUT2D eigenvalue weighted by atomic mass is 10.2. The Balaban J connectivity index is 2.20. The maximum atomic E-state index is 11.9. The van der Waals surface area contributed by atoms with E-state index in [1.54, 1.807) is 12.4 Å². The fourth-order valence-corrected chi connectivity index (χ4v) is 2.76. The molecule has 0 atom stereocenters. The van der Waals surface area contributed by atoms with E-state index in [9.17, 15) is 4.79 Å². The van der Waals surface area contributed by atoms with Crippen molar-refractivity contribution in [1.82, 2.24) is 15.2 Å². The predicted molar refractivity (Wildman–Crippen MR) is 95.5 cm³/mol. The topological polar surface area (TPSA) is 45.2 Å². The molecule has 0 bridgehead atoms. The number of rotatable bonds is 10. The largest absolute Gasteiger partial charge is 0.352 e. The lowest BCUT2D eigenvalue weighted by Gasteiger charge is -2.20. The number of pyridine rings is 1. The molecule has 0 aromatic carbocycles. The van der Waals surface area contributed by atoms with Crippen molar-refractivity contribution in [3.05, 3.63) is 27.6 Å². The number of hydrogen-bond donors (Lipinski definition) is 1. The van der Waals surface area contributed by atoms with Crippen molar-refractivity contribution in [3.63, 3.8) is 0 Å². The number of carbonyl (C=O) groups is 1. The normalized spacial score (nSPS) is 10.9. The summed E-state index contributed by atoms with van der Waals surface area (Å²) in [6.45, 7) is 8.65. The number of amides is 1. The summed E-state index contributed by atoms with van der Waals surface area (Å²) in [5.41, 5.74) is 0.639. The predicted octanol–water partition coefficient (Wildman–Crippen LogP) is 3.32. The molecule has 0 fully saturated rings. The summed E-state index contributed by atoms with van der Waals surface area (Å²) in [7, 11) is 0. The first-order valence-electron chi connectivity index (χ1n) is 7.78. The summed E-state index contributed by atoms with van der Waals surface area (Å²) in [6.07, 6.45) is 7.92. The third-order valence-electron chi connectivity index (χ3n) is 3.23. The molecule has 0 aliphatic heterocycles. The van der Waals surface area contributed by atoms with Gasteiger partial charge in [-0.3, -0.25) is 9.78 Å². The van der Waals surface area contributed by atoms with Crippen LogP contribution in [0.5, 0.6) is 0 Å². The number of unbranched alkanes of at least 4 members (excludes halogenated alkanes) is 1. The van der Waals surface area contributed by atoms with Gasteiger partial charge in [-0.05, 0) is 74.0 Å². The van der Waals surface area contributed by atoms with E-state index in [-0.39, 0.29) is 5.91 Å². The van der Waals surface area contributed by atoms with E-state index in [1.807, 2.05) is 6.07 Å². The highest BCUT2D eigenvalue weighted by atomic mass is 127. The van der Waals surface area contributed by atoms with Crippen LogP contribution in [0.2, 0.25) is 0 Å². The van der Waals surface area contributed by atoms with Crippen LogP contribution in [-0.4, -0.2) is 42.0 Å². The molecule has 0 radical (unpaired) electrons. The summed E-state index contributed by atoms with van der Waals surface area (Å²) in [4.78, 5) is 18.5. The van der Waals surface area contributed by atoms with Gasteiger partial charge >= 0.3 is 0 Å². The van der Waals surface area contributed by atoms with Gasteiger partial charge in [0.25, 0.3) is 5.91 Å². The van der Waals surface area contributed by atoms with Crippen molar-refractivity contribution in [3.8, 4) is 0 Å². The van der Waals surface area contributed by atoms with Crippen LogP contribution in [0.25, 0.3) is 0 Å². The van der Waals surface area contributed by atoms with Crippen LogP contribution in [0.1, 0.15) is 49.9 Å². The molecule has 1 rings (SSSR count). The monoisotopic (exact) mass is 403 g/mol. The summed E-state index contributed by atoms with van der Waals surface area (Å²) in [5.74, 6) is -0.0278. The van der Waals surface area contributed by atoms with Gasteiger partial charge in [0.15, 0.2) is 0 Å². The van der Waals surface area contributed by atoms with E-state index in [0.29, 0.717) is 5.56 Å². The van der Waals surface area contributed by atoms with Crippen molar-refractivity contribution in [2.24, 2.45) is 0 Å². The minimum Gasteiger partial charge on any atom is -0.352 e. The van der Waals surface area contributed by atoms with Crippen LogP contribution in [0, 0.1) is 3.57 Å². The Morgan fingerprint density at radius 3 is 2.52 bits per heavy atom. The van der Waals surface area contributed by atoms with Gasteiger partial charge in [0.1, 0.15) is 0 Å². The molecule has 0 aliphatic carbocycles. The summed E-state index contributed by atoms with van der Waals surface area (Å²) in [5, 5.41) is 2.96. The summed E-state index contributed by atoms with van der Waals surface area (Å²) in [6, 6.07) is 1.85. The van der Waals surface area contributed by atoms with Gasteiger partial charge in [-0.25, -0.2) is 0 Å². The molecule has 1 N–H and O–H groups in total. The third kappa shape index (κ3) is 7.76. The lowest BCUT2D eigenvalue weighted by molar-refractivity contribution is 0.0952. The molecule has 1 aromatic rings. The van der Waals surface area contributed by atoms with E-state index in [1.165, 1.54) is 25.9 Å². The Kier molecular flexibility index (Phi) is 9.58. The summed E-state index contributed by atoms with van der Waals surface area (Å²) < 4.78 is 0.982. The van der Waals surface area contributed by atoms with Crippen LogP contribution < -0.4 is 5.32 Å². The van der Waals surface area contributed by atoms with Crippen LogP contribution >= 0.6 is 22.6 Å². The minimum absolute atomic E-state index is 0.0278. The summed E-state index contributed by atoms with van der Waals surface area (Å²) >= 11 is 2.16. The van der Waals surface area contributed by atoms with Crippen LogP contribution in [0.3, 0.4) is 0 Å². The van der Waals surface area contributed by atoms with Gasteiger partial charge in [-0.15, -0.1) is 0 Å². The zero-order valence-corrected chi connectivity index (χ0v) is 15.2. The second-order valence-corrected chi connectivity index (χ2v) is 6.44. The molecule has 0 saturated heterocycles. The number of nitrogens with one attached hydrogen (secondary N) is 1. The van der Waals surface area contributed by atoms with Gasteiger partial charge in [-0.1, -0.05) is 13.8 Å². The van der Waals surface area contributed by atoms with Crippen molar-refractivity contribution in [1.29, 1.82) is 0 Å². The van der Waals surface area contributed by atoms with Crippen molar-refractivity contribution >= 4 is 28.5 Å². The second-order valence-electron chi connectivity index (χ2n) is 5.20. The van der Waals surface area contributed by atoms with E-state index in [4.69, 9.17) is 0 Å². The molecule has 0 spiro atoms. The molecular weight excluding hydrogens is 377 g/mol. The van der Waals surface area contributed by atoms with Crippen molar-refractivity contribution in [2.45, 2.75) is 39.5 Å². The average Bonchev–Trinajstić information content (AvgIpc) is 2.47. The SMILES string of the molecule is CCCN(CCC)CCCCNC(=O)c1cncc(I)c1. The van der Waals surface area contributed by atoms with Crippen LogP contribution in [-0.2, 0) is 0 Å². The Labute approximate surface area is 141 Å². The van der Waals surface area contributed by atoms with Crippen LogP contribution in [0.4, 0.5) is 0 Å². The quantitative estimate of drug-likeness (QED) is 0.482. The van der Waals surface area contributed by atoms with E-state index in [0.717, 1.165) is 29.5 Å². The number of nitrogens with zero attached hydrogens (tertiary/aromatic N) is 2. The first-order chi connectivity index (χ1) is 10.2. The van der Waals surface area contributed by atoms with Gasteiger partial charge in [-0.2, -0.15) is 0 Å². The first-order valence-corrected chi connectivity index (χ1v) is 8.86. The van der Waals surface area contributed by atoms with E-state index < -0.39 is 0 Å². The fraction of sp³-hybridized carbons (Fsp3) is 0.625. The van der Waals surface area contributed by atoms with Crippen molar-refractivity contribution in [2.75, 3.05) is 26.2 Å². The number of hydrogen-bond acceptors (Lipinski definition) is 3. The van der Waals surface area contributed by atoms with Gasteiger partial charge in [0.05, 0.1) is 5.56 Å².